The number of amides is 2. The second kappa shape index (κ2) is 6.91. The molecule has 0 aliphatic carbocycles. The molecular formula is C13H20N2O2. The predicted octanol–water partition coefficient (Wildman–Crippen LogP) is 1.55. The molecule has 0 saturated carbocycles. The van der Waals surface area contributed by atoms with E-state index in [2.05, 4.69) is 0 Å². The summed E-state index contributed by atoms with van der Waals surface area (Å²) in [4.78, 5) is 15.3. The molecule has 0 spiro atoms. The van der Waals surface area contributed by atoms with Crippen molar-refractivity contribution in [1.29, 1.82) is 0 Å². The third-order valence-corrected chi connectivity index (χ3v) is 2.66. The first-order valence-electron chi connectivity index (χ1n) is 5.83. The van der Waals surface area contributed by atoms with Gasteiger partial charge in [-0.1, -0.05) is 30.3 Å². The highest BCUT2D eigenvalue weighted by molar-refractivity contribution is 5.74. The van der Waals surface area contributed by atoms with Crippen LogP contribution in [0.1, 0.15) is 12.5 Å². The topological polar surface area (TPSA) is 43.8 Å². The SMILES string of the molecule is CCN(C)C(=O)N(CCO)Cc1ccccc1. The third-order valence-electron chi connectivity index (χ3n) is 2.66. The average Bonchev–Trinajstić information content (AvgIpc) is 2.37. The fourth-order valence-electron chi connectivity index (χ4n) is 1.54. The van der Waals surface area contributed by atoms with Crippen molar-refractivity contribution in [3.63, 3.8) is 0 Å². The van der Waals surface area contributed by atoms with Crippen molar-refractivity contribution in [3.05, 3.63) is 35.9 Å². The summed E-state index contributed by atoms with van der Waals surface area (Å²) < 4.78 is 0. The van der Waals surface area contributed by atoms with Gasteiger partial charge in [0.25, 0.3) is 0 Å². The molecule has 0 bridgehead atoms. The van der Waals surface area contributed by atoms with Gasteiger partial charge in [0.1, 0.15) is 0 Å². The number of hydrogen-bond donors (Lipinski definition) is 1. The molecule has 0 fully saturated rings. The van der Waals surface area contributed by atoms with Gasteiger partial charge in [0.2, 0.25) is 0 Å². The Morgan fingerprint density at radius 2 is 1.94 bits per heavy atom. The molecule has 0 aliphatic rings. The number of nitrogens with zero attached hydrogens (tertiary/aromatic N) is 2. The van der Waals surface area contributed by atoms with E-state index in [1.807, 2.05) is 37.3 Å². The number of carbonyl (C=O) groups is 1. The fourth-order valence-corrected chi connectivity index (χ4v) is 1.54. The second-order valence-corrected chi connectivity index (χ2v) is 3.93. The Hall–Kier alpha value is -1.55. The maximum Gasteiger partial charge on any atom is 0.320 e. The Labute approximate surface area is 102 Å². The molecule has 1 aromatic carbocycles. The smallest absolute Gasteiger partial charge is 0.320 e. The zero-order valence-corrected chi connectivity index (χ0v) is 10.5. The van der Waals surface area contributed by atoms with E-state index >= 15 is 0 Å². The number of benzene rings is 1. The lowest BCUT2D eigenvalue weighted by Crippen LogP contribution is -2.42. The first-order valence-corrected chi connectivity index (χ1v) is 5.83. The highest BCUT2D eigenvalue weighted by Crippen LogP contribution is 2.06. The van der Waals surface area contributed by atoms with Crippen LogP contribution in [0.2, 0.25) is 0 Å². The summed E-state index contributed by atoms with van der Waals surface area (Å²) in [5.74, 6) is 0. The maximum atomic E-state index is 12.0. The van der Waals surface area contributed by atoms with E-state index in [0.717, 1.165) is 5.56 Å². The minimum Gasteiger partial charge on any atom is -0.395 e. The van der Waals surface area contributed by atoms with E-state index in [-0.39, 0.29) is 12.6 Å². The number of carbonyl (C=O) groups excluding carboxylic acids is 1. The molecule has 0 radical (unpaired) electrons. The molecule has 4 nitrogen and oxygen atoms in total. The first-order chi connectivity index (χ1) is 8.19. The van der Waals surface area contributed by atoms with Crippen LogP contribution in [0.25, 0.3) is 0 Å². The highest BCUT2D eigenvalue weighted by Gasteiger charge is 2.16. The second-order valence-electron chi connectivity index (χ2n) is 3.93. The van der Waals surface area contributed by atoms with E-state index < -0.39 is 0 Å². The molecule has 1 aromatic rings. The normalized spacial score (nSPS) is 10.1. The van der Waals surface area contributed by atoms with Gasteiger partial charge in [0, 0.05) is 26.7 Å². The average molecular weight is 236 g/mol. The molecule has 0 aliphatic heterocycles. The third kappa shape index (κ3) is 4.07. The van der Waals surface area contributed by atoms with Gasteiger partial charge in [0.05, 0.1) is 6.61 Å². The zero-order valence-electron chi connectivity index (χ0n) is 10.5. The minimum absolute atomic E-state index is 0.0177. The largest absolute Gasteiger partial charge is 0.395 e. The van der Waals surface area contributed by atoms with Gasteiger partial charge in [-0.15, -0.1) is 0 Å². The van der Waals surface area contributed by atoms with Gasteiger partial charge < -0.3 is 14.9 Å². The molecule has 1 N–H and O–H groups in total. The molecule has 0 unspecified atom stereocenters. The number of hydrogen-bond acceptors (Lipinski definition) is 2. The lowest BCUT2D eigenvalue weighted by Gasteiger charge is -2.27. The summed E-state index contributed by atoms with van der Waals surface area (Å²) in [6.07, 6.45) is 0. The van der Waals surface area contributed by atoms with Crippen LogP contribution in [-0.2, 0) is 6.54 Å². The van der Waals surface area contributed by atoms with Gasteiger partial charge in [-0.25, -0.2) is 4.79 Å². The van der Waals surface area contributed by atoms with Crippen LogP contribution in [0.5, 0.6) is 0 Å². The van der Waals surface area contributed by atoms with E-state index in [0.29, 0.717) is 19.6 Å². The lowest BCUT2D eigenvalue weighted by atomic mass is 10.2. The van der Waals surface area contributed by atoms with Crippen LogP contribution < -0.4 is 0 Å². The van der Waals surface area contributed by atoms with Crippen LogP contribution in [0.3, 0.4) is 0 Å². The summed E-state index contributed by atoms with van der Waals surface area (Å²) >= 11 is 0. The Bertz CT molecular complexity index is 341. The Kier molecular flexibility index (Phi) is 5.49. The van der Waals surface area contributed by atoms with Crippen molar-refractivity contribution in [2.24, 2.45) is 0 Å². The minimum atomic E-state index is -0.0506. The van der Waals surface area contributed by atoms with Crippen molar-refractivity contribution in [3.8, 4) is 0 Å². The summed E-state index contributed by atoms with van der Waals surface area (Å²) in [5, 5.41) is 9.01. The van der Waals surface area contributed by atoms with E-state index in [1.165, 1.54) is 0 Å². The molecule has 0 heterocycles. The van der Waals surface area contributed by atoms with Crippen LogP contribution in [-0.4, -0.2) is 47.7 Å². The Morgan fingerprint density at radius 3 is 2.47 bits per heavy atom. The summed E-state index contributed by atoms with van der Waals surface area (Å²) in [5.41, 5.74) is 1.07. The van der Waals surface area contributed by atoms with Crippen molar-refractivity contribution in [1.82, 2.24) is 9.80 Å². The molecule has 0 aromatic heterocycles. The van der Waals surface area contributed by atoms with Crippen molar-refractivity contribution >= 4 is 6.03 Å². The monoisotopic (exact) mass is 236 g/mol. The number of urea groups is 1. The molecule has 2 amide bonds. The Balaban J connectivity index is 2.69. The van der Waals surface area contributed by atoms with Gasteiger partial charge in [0.15, 0.2) is 0 Å². The van der Waals surface area contributed by atoms with E-state index in [1.54, 1.807) is 16.8 Å². The zero-order chi connectivity index (χ0) is 12.7. The van der Waals surface area contributed by atoms with Gasteiger partial charge >= 0.3 is 6.03 Å². The molecule has 0 atom stereocenters. The van der Waals surface area contributed by atoms with Crippen LogP contribution in [0.4, 0.5) is 4.79 Å². The molecule has 0 saturated heterocycles. The van der Waals surface area contributed by atoms with Crippen molar-refractivity contribution < 1.29 is 9.90 Å². The standard InChI is InChI=1S/C13H20N2O2/c1-3-14(2)13(17)15(9-10-16)11-12-7-5-4-6-8-12/h4-8,16H,3,9-11H2,1-2H3. The van der Waals surface area contributed by atoms with Gasteiger partial charge in [-0.2, -0.15) is 0 Å². The highest BCUT2D eigenvalue weighted by atomic mass is 16.3. The maximum absolute atomic E-state index is 12.0. The van der Waals surface area contributed by atoms with Crippen molar-refractivity contribution in [2.75, 3.05) is 26.7 Å². The summed E-state index contributed by atoms with van der Waals surface area (Å²) in [6, 6.07) is 9.74. The number of aliphatic hydroxyl groups is 1. The van der Waals surface area contributed by atoms with Crippen LogP contribution >= 0.6 is 0 Å². The summed E-state index contributed by atoms with van der Waals surface area (Å²) in [7, 11) is 1.76. The predicted molar refractivity (Wildman–Crippen MR) is 67.6 cm³/mol. The molecule has 17 heavy (non-hydrogen) atoms. The molecule has 1 rings (SSSR count). The van der Waals surface area contributed by atoms with Gasteiger partial charge in [-0.3, -0.25) is 0 Å². The molecule has 4 heteroatoms. The quantitative estimate of drug-likeness (QED) is 0.843. The molecule has 94 valence electrons. The van der Waals surface area contributed by atoms with Crippen molar-refractivity contribution in [2.45, 2.75) is 13.5 Å². The molecular weight excluding hydrogens is 216 g/mol. The van der Waals surface area contributed by atoms with E-state index in [4.69, 9.17) is 5.11 Å². The number of rotatable bonds is 5. The van der Waals surface area contributed by atoms with Gasteiger partial charge in [-0.05, 0) is 12.5 Å². The lowest BCUT2D eigenvalue weighted by molar-refractivity contribution is 0.146. The first kappa shape index (κ1) is 13.5. The van der Waals surface area contributed by atoms with E-state index in [9.17, 15) is 4.79 Å². The number of aliphatic hydroxyl groups excluding tert-OH is 1. The van der Waals surface area contributed by atoms with Crippen LogP contribution in [0, 0.1) is 0 Å². The fraction of sp³-hybridized carbons (Fsp3) is 0.462. The van der Waals surface area contributed by atoms with Crippen LogP contribution in [0.15, 0.2) is 30.3 Å². The Morgan fingerprint density at radius 1 is 1.29 bits per heavy atom. The summed E-state index contributed by atoms with van der Waals surface area (Å²) in [6.45, 7) is 3.46.